The van der Waals surface area contributed by atoms with Crippen molar-refractivity contribution in [2.24, 2.45) is 7.05 Å². The quantitative estimate of drug-likeness (QED) is 0.365. The summed E-state index contributed by atoms with van der Waals surface area (Å²) in [5.41, 5.74) is 4.52. The smallest absolute Gasteiger partial charge is 0.252 e. The Labute approximate surface area is 232 Å². The number of nitriles is 2. The molecule has 2 aromatic heterocycles. The van der Waals surface area contributed by atoms with Crippen molar-refractivity contribution in [1.82, 2.24) is 14.5 Å². The zero-order valence-electron chi connectivity index (χ0n) is 22.6. The zero-order chi connectivity index (χ0) is 28.4. The van der Waals surface area contributed by atoms with Gasteiger partial charge in [-0.25, -0.2) is 9.37 Å². The fraction of sp³-hybridized carbons (Fsp3) is 0.290. The summed E-state index contributed by atoms with van der Waals surface area (Å²) in [6.45, 7) is 3.64. The van der Waals surface area contributed by atoms with Crippen molar-refractivity contribution in [2.75, 3.05) is 31.7 Å². The van der Waals surface area contributed by atoms with Crippen LogP contribution in [-0.4, -0.2) is 53.3 Å². The van der Waals surface area contributed by atoms with Gasteiger partial charge in [0.25, 0.3) is 5.56 Å². The molecule has 5 rings (SSSR count). The molecule has 0 aliphatic carbocycles. The van der Waals surface area contributed by atoms with E-state index in [9.17, 15) is 19.7 Å². The predicted octanol–water partition coefficient (Wildman–Crippen LogP) is 4.13. The van der Waals surface area contributed by atoms with Crippen molar-refractivity contribution >= 4 is 16.7 Å². The van der Waals surface area contributed by atoms with Crippen LogP contribution in [0.15, 0.2) is 71.5 Å². The lowest BCUT2D eigenvalue weighted by atomic mass is 9.92. The van der Waals surface area contributed by atoms with E-state index in [0.29, 0.717) is 42.0 Å². The number of ether oxygens (including phenoxy) is 1. The summed E-state index contributed by atoms with van der Waals surface area (Å²) in [6, 6.07) is 22.8. The number of anilines is 1. The lowest BCUT2D eigenvalue weighted by Gasteiger charge is -2.49. The first-order valence-electron chi connectivity index (χ1n) is 13.0. The van der Waals surface area contributed by atoms with Gasteiger partial charge in [0, 0.05) is 39.4 Å². The number of piperazine rings is 1. The van der Waals surface area contributed by atoms with Gasteiger partial charge in [0.1, 0.15) is 23.1 Å². The Morgan fingerprint density at radius 3 is 2.33 bits per heavy atom. The lowest BCUT2D eigenvalue weighted by molar-refractivity contribution is 0.0521. The molecule has 1 aliphatic rings. The zero-order valence-corrected chi connectivity index (χ0v) is 22.6. The number of fused-ring (bicyclic) bond motifs is 1. The van der Waals surface area contributed by atoms with Crippen molar-refractivity contribution < 1.29 is 9.13 Å². The molecule has 9 heteroatoms. The summed E-state index contributed by atoms with van der Waals surface area (Å²) in [6.07, 6.45) is 0. The number of halogens is 1. The largest absolute Gasteiger partial charge is 0.383 e. The van der Waals surface area contributed by atoms with Gasteiger partial charge in [-0.15, -0.1) is 0 Å². The van der Waals surface area contributed by atoms with E-state index in [4.69, 9.17) is 4.74 Å². The SMILES string of the molecule is COC[C@@H]1CN(c2cc(=O)n(C)c3ccc(C#N)nc23)[C@@H](C)CN1C(c1ccc(F)cc1)c1ccc(C#N)cc1. The highest BCUT2D eigenvalue weighted by Crippen LogP contribution is 2.36. The van der Waals surface area contributed by atoms with E-state index >= 15 is 0 Å². The van der Waals surface area contributed by atoms with Crippen molar-refractivity contribution in [3.63, 3.8) is 0 Å². The highest BCUT2D eigenvalue weighted by atomic mass is 19.1. The normalized spacial score (nSPS) is 18.3. The molecule has 40 heavy (non-hydrogen) atoms. The molecule has 0 bridgehead atoms. The topological polar surface area (TPSA) is 98.2 Å². The minimum absolute atomic E-state index is 0.0442. The predicted molar refractivity (Wildman–Crippen MR) is 150 cm³/mol. The van der Waals surface area contributed by atoms with Gasteiger partial charge in [0.2, 0.25) is 0 Å². The highest BCUT2D eigenvalue weighted by Gasteiger charge is 2.38. The lowest BCUT2D eigenvalue weighted by Crippen LogP contribution is -2.60. The molecule has 3 heterocycles. The number of hydrogen-bond donors (Lipinski definition) is 0. The number of rotatable bonds is 6. The van der Waals surface area contributed by atoms with E-state index in [2.05, 4.69) is 33.8 Å². The average molecular weight is 537 g/mol. The van der Waals surface area contributed by atoms with Crippen LogP contribution in [0.2, 0.25) is 0 Å². The maximum absolute atomic E-state index is 13.9. The number of nitrogens with zero attached hydrogens (tertiary/aromatic N) is 6. The molecule has 1 saturated heterocycles. The first-order chi connectivity index (χ1) is 19.3. The van der Waals surface area contributed by atoms with Crippen molar-refractivity contribution in [1.29, 1.82) is 10.5 Å². The third-order valence-electron chi connectivity index (χ3n) is 7.61. The number of hydrogen-bond acceptors (Lipinski definition) is 7. The molecule has 4 aromatic rings. The molecule has 202 valence electrons. The van der Waals surface area contributed by atoms with Gasteiger partial charge in [0.15, 0.2) is 0 Å². The maximum atomic E-state index is 13.9. The summed E-state index contributed by atoms with van der Waals surface area (Å²) < 4.78 is 21.1. The molecule has 0 radical (unpaired) electrons. The minimum Gasteiger partial charge on any atom is -0.383 e. The molecule has 1 aliphatic heterocycles. The van der Waals surface area contributed by atoms with E-state index < -0.39 is 0 Å². The second-order valence-electron chi connectivity index (χ2n) is 10.1. The van der Waals surface area contributed by atoms with Gasteiger partial charge in [0.05, 0.1) is 41.5 Å². The second kappa shape index (κ2) is 11.3. The minimum atomic E-state index is -0.310. The molecule has 2 aromatic carbocycles. The van der Waals surface area contributed by atoms with Crippen molar-refractivity contribution in [3.05, 3.63) is 105 Å². The molecular weight excluding hydrogens is 507 g/mol. The third kappa shape index (κ3) is 5.05. The Bertz CT molecular complexity index is 1670. The monoisotopic (exact) mass is 536 g/mol. The summed E-state index contributed by atoms with van der Waals surface area (Å²) in [4.78, 5) is 22.0. The molecule has 0 amide bonds. The average Bonchev–Trinajstić information content (AvgIpc) is 2.97. The van der Waals surface area contributed by atoms with Gasteiger partial charge in [-0.1, -0.05) is 24.3 Å². The molecule has 3 atom stereocenters. The number of aromatic nitrogens is 2. The van der Waals surface area contributed by atoms with E-state index in [-0.39, 0.29) is 35.2 Å². The molecule has 0 saturated carbocycles. The van der Waals surface area contributed by atoms with Gasteiger partial charge < -0.3 is 14.2 Å². The van der Waals surface area contributed by atoms with Crippen LogP contribution in [0.3, 0.4) is 0 Å². The van der Waals surface area contributed by atoms with E-state index in [1.165, 1.54) is 16.7 Å². The molecule has 1 fully saturated rings. The Kier molecular flexibility index (Phi) is 7.61. The maximum Gasteiger partial charge on any atom is 0.252 e. The van der Waals surface area contributed by atoms with Crippen LogP contribution < -0.4 is 10.5 Å². The number of benzene rings is 2. The van der Waals surface area contributed by atoms with Gasteiger partial charge in [-0.05, 0) is 54.4 Å². The van der Waals surface area contributed by atoms with Gasteiger partial charge >= 0.3 is 0 Å². The second-order valence-corrected chi connectivity index (χ2v) is 10.1. The Hall–Kier alpha value is -4.57. The molecule has 8 nitrogen and oxygen atoms in total. The van der Waals surface area contributed by atoms with Gasteiger partial charge in [-0.3, -0.25) is 9.69 Å². The van der Waals surface area contributed by atoms with Crippen LogP contribution in [0, 0.1) is 28.5 Å². The summed E-state index contributed by atoms with van der Waals surface area (Å²) in [7, 11) is 3.35. The van der Waals surface area contributed by atoms with Crippen LogP contribution >= 0.6 is 0 Å². The van der Waals surface area contributed by atoms with E-state index in [1.807, 2.05) is 12.1 Å². The summed E-state index contributed by atoms with van der Waals surface area (Å²) in [5.74, 6) is -0.310. The van der Waals surface area contributed by atoms with Crippen LogP contribution in [0.25, 0.3) is 11.0 Å². The number of methoxy groups -OCH3 is 1. The van der Waals surface area contributed by atoms with Crippen molar-refractivity contribution in [3.8, 4) is 12.1 Å². The highest BCUT2D eigenvalue weighted by molar-refractivity contribution is 5.89. The Morgan fingerprint density at radius 1 is 1.02 bits per heavy atom. The number of pyridine rings is 2. The molecule has 0 N–H and O–H groups in total. The summed E-state index contributed by atoms with van der Waals surface area (Å²) in [5, 5.41) is 18.8. The van der Waals surface area contributed by atoms with Crippen molar-refractivity contribution in [2.45, 2.75) is 25.0 Å². The number of aryl methyl sites for hydroxylation is 1. The summed E-state index contributed by atoms with van der Waals surface area (Å²) >= 11 is 0. The van der Waals surface area contributed by atoms with E-state index in [1.54, 1.807) is 56.6 Å². The molecular formula is C31H29FN6O2. The first-order valence-corrected chi connectivity index (χ1v) is 13.0. The van der Waals surface area contributed by atoms with Gasteiger partial charge in [-0.2, -0.15) is 10.5 Å². The van der Waals surface area contributed by atoms with Crippen LogP contribution in [0.1, 0.15) is 35.3 Å². The van der Waals surface area contributed by atoms with Crippen LogP contribution in [0.5, 0.6) is 0 Å². The van der Waals surface area contributed by atoms with E-state index in [0.717, 1.165) is 11.1 Å². The van der Waals surface area contributed by atoms with Crippen LogP contribution in [-0.2, 0) is 11.8 Å². The molecule has 1 unspecified atom stereocenters. The fourth-order valence-electron chi connectivity index (χ4n) is 5.61. The fourth-order valence-corrected chi connectivity index (χ4v) is 5.61. The standard InChI is InChI=1S/C31H29FN6O2/c1-20-17-38(31(23-8-10-24(32)11-9-23)22-6-4-21(15-33)5-7-22)26(19-40-3)18-37(20)28-14-29(39)36(2)27-13-12-25(16-34)35-30(27)28/h4-14,20,26,31H,17-19H2,1-3H3/t20-,26-,31?/m0/s1. The Morgan fingerprint density at radius 2 is 1.70 bits per heavy atom. The van der Waals surface area contributed by atoms with Crippen LogP contribution in [0.4, 0.5) is 10.1 Å². The molecule has 0 spiro atoms. The first kappa shape index (κ1) is 27.0. The third-order valence-corrected chi connectivity index (χ3v) is 7.61. The Balaban J connectivity index is 1.60.